The lowest BCUT2D eigenvalue weighted by Gasteiger charge is -2.31. The van der Waals surface area contributed by atoms with E-state index in [9.17, 15) is 13.2 Å². The molecule has 0 bridgehead atoms. The normalized spacial score (nSPS) is 26.7. The Kier molecular flexibility index (Phi) is 7.31. The van der Waals surface area contributed by atoms with Gasteiger partial charge in [0.05, 0.1) is 10.6 Å². The second kappa shape index (κ2) is 9.98. The third-order valence-electron chi connectivity index (χ3n) is 7.71. The molecule has 2 fully saturated rings. The third-order valence-corrected chi connectivity index (χ3v) is 8.02. The number of rotatable bonds is 5. The van der Waals surface area contributed by atoms with E-state index in [1.165, 1.54) is 62.8 Å². The van der Waals surface area contributed by atoms with Gasteiger partial charge in [-0.3, -0.25) is 0 Å². The third kappa shape index (κ3) is 5.48. The van der Waals surface area contributed by atoms with Crippen LogP contribution in [0.2, 0.25) is 5.02 Å². The van der Waals surface area contributed by atoms with Gasteiger partial charge in [-0.2, -0.15) is 0 Å². The highest BCUT2D eigenvalue weighted by molar-refractivity contribution is 6.30. The molecule has 168 valence electrons. The molecule has 0 unspecified atom stereocenters. The lowest BCUT2D eigenvalue weighted by molar-refractivity contribution is 0.237. The summed E-state index contributed by atoms with van der Waals surface area (Å²) < 4.78 is 43.4. The fourth-order valence-electron chi connectivity index (χ4n) is 5.63. The van der Waals surface area contributed by atoms with Crippen molar-refractivity contribution in [2.24, 2.45) is 17.8 Å². The van der Waals surface area contributed by atoms with Gasteiger partial charge in [0, 0.05) is 0 Å². The summed E-state index contributed by atoms with van der Waals surface area (Å²) in [6, 6.07) is 6.75. The van der Waals surface area contributed by atoms with Crippen molar-refractivity contribution >= 4 is 11.6 Å². The van der Waals surface area contributed by atoms with Gasteiger partial charge in [-0.25, -0.2) is 13.2 Å². The van der Waals surface area contributed by atoms with Crippen LogP contribution in [0.3, 0.4) is 0 Å². The van der Waals surface area contributed by atoms with Gasteiger partial charge in [0.25, 0.3) is 0 Å². The lowest BCUT2D eigenvalue weighted by Crippen LogP contribution is -2.17. The second-order valence-corrected chi connectivity index (χ2v) is 10.3. The molecule has 2 aliphatic carbocycles. The van der Waals surface area contributed by atoms with Gasteiger partial charge < -0.3 is 0 Å². The van der Waals surface area contributed by atoms with Gasteiger partial charge in [0.2, 0.25) is 0 Å². The largest absolute Gasteiger partial charge is 0.206 e. The average Bonchev–Trinajstić information content (AvgIpc) is 2.75. The highest BCUT2D eigenvalue weighted by Gasteiger charge is 2.26. The van der Waals surface area contributed by atoms with Crippen molar-refractivity contribution in [1.29, 1.82) is 0 Å². The second-order valence-electron chi connectivity index (χ2n) is 9.91. The summed E-state index contributed by atoms with van der Waals surface area (Å²) in [6.07, 6.45) is 12.4. The van der Waals surface area contributed by atoms with Crippen LogP contribution in [0.1, 0.15) is 82.6 Å². The van der Waals surface area contributed by atoms with Crippen LogP contribution < -0.4 is 0 Å². The van der Waals surface area contributed by atoms with Crippen molar-refractivity contribution in [3.05, 3.63) is 58.4 Å². The van der Waals surface area contributed by atoms with E-state index < -0.39 is 17.5 Å². The maximum absolute atomic E-state index is 14.8. The van der Waals surface area contributed by atoms with E-state index in [1.54, 1.807) is 0 Å². The Morgan fingerprint density at radius 3 is 1.84 bits per heavy atom. The summed E-state index contributed by atoms with van der Waals surface area (Å²) in [6.45, 7) is 2.36. The molecule has 2 saturated carbocycles. The van der Waals surface area contributed by atoms with Crippen molar-refractivity contribution in [2.45, 2.75) is 77.0 Å². The minimum Gasteiger partial charge on any atom is -0.206 e. The Hall–Kier alpha value is -1.48. The molecule has 0 nitrogen and oxygen atoms in total. The maximum atomic E-state index is 14.8. The standard InChI is InChI=1S/C27H32ClF3/c1-17-2-4-18(5-3-17)6-7-19-8-10-20(11-9-19)22-15-25(30)27(26(31)16-22)21-12-13-23(28)24(29)14-21/h12-20H,2-11H2,1H3. The van der Waals surface area contributed by atoms with Gasteiger partial charge in [-0.05, 0) is 84.7 Å². The first kappa shape index (κ1) is 22.7. The van der Waals surface area contributed by atoms with E-state index in [1.807, 2.05) is 0 Å². The molecule has 2 aliphatic rings. The quantitative estimate of drug-likeness (QED) is 0.427. The van der Waals surface area contributed by atoms with Crippen LogP contribution in [-0.4, -0.2) is 0 Å². The summed E-state index contributed by atoms with van der Waals surface area (Å²) >= 11 is 5.70. The molecule has 0 N–H and O–H groups in total. The van der Waals surface area contributed by atoms with Crippen LogP contribution in [0.15, 0.2) is 30.3 Å². The van der Waals surface area contributed by atoms with E-state index in [4.69, 9.17) is 11.6 Å². The summed E-state index contributed by atoms with van der Waals surface area (Å²) in [5, 5.41) is -0.0593. The predicted molar refractivity (Wildman–Crippen MR) is 122 cm³/mol. The molecule has 0 heterocycles. The van der Waals surface area contributed by atoms with Gasteiger partial charge in [-0.15, -0.1) is 0 Å². The predicted octanol–water partition coefficient (Wildman–Crippen LogP) is 9.30. The molecule has 0 saturated heterocycles. The highest BCUT2D eigenvalue weighted by Crippen LogP contribution is 2.41. The minimum atomic E-state index is -0.678. The zero-order valence-electron chi connectivity index (χ0n) is 18.3. The molecule has 4 rings (SSSR count). The zero-order valence-corrected chi connectivity index (χ0v) is 19.0. The molecule has 0 aromatic heterocycles. The van der Waals surface area contributed by atoms with Crippen LogP contribution in [-0.2, 0) is 0 Å². The summed E-state index contributed by atoms with van der Waals surface area (Å²) in [5.74, 6) is 0.812. The number of halogens is 4. The molecule has 0 radical (unpaired) electrons. The summed E-state index contributed by atoms with van der Waals surface area (Å²) in [5.41, 5.74) is 0.715. The van der Waals surface area contributed by atoms with Crippen molar-refractivity contribution in [1.82, 2.24) is 0 Å². The van der Waals surface area contributed by atoms with Crippen LogP contribution in [0.4, 0.5) is 13.2 Å². The van der Waals surface area contributed by atoms with E-state index >= 15 is 0 Å². The van der Waals surface area contributed by atoms with Crippen molar-refractivity contribution in [3.8, 4) is 11.1 Å². The topological polar surface area (TPSA) is 0 Å². The molecule has 0 amide bonds. The fraction of sp³-hybridized carbons (Fsp3) is 0.556. The number of hydrogen-bond donors (Lipinski definition) is 0. The lowest BCUT2D eigenvalue weighted by atomic mass is 9.74. The van der Waals surface area contributed by atoms with Gasteiger partial charge >= 0.3 is 0 Å². The van der Waals surface area contributed by atoms with Crippen LogP contribution >= 0.6 is 11.6 Å². The Labute approximate surface area is 189 Å². The maximum Gasteiger partial charge on any atom is 0.142 e. The first-order chi connectivity index (χ1) is 14.9. The Morgan fingerprint density at radius 1 is 0.742 bits per heavy atom. The monoisotopic (exact) mass is 448 g/mol. The van der Waals surface area contributed by atoms with E-state index in [-0.39, 0.29) is 22.1 Å². The zero-order chi connectivity index (χ0) is 22.0. The average molecular weight is 449 g/mol. The Balaban J connectivity index is 1.36. The highest BCUT2D eigenvalue weighted by atomic mass is 35.5. The summed E-state index contributed by atoms with van der Waals surface area (Å²) in [7, 11) is 0. The van der Waals surface area contributed by atoms with Crippen molar-refractivity contribution in [3.63, 3.8) is 0 Å². The first-order valence-electron chi connectivity index (χ1n) is 11.8. The smallest absolute Gasteiger partial charge is 0.142 e. The Bertz CT molecular complexity index is 870. The first-order valence-corrected chi connectivity index (χ1v) is 12.2. The molecule has 2 aromatic carbocycles. The number of hydrogen-bond acceptors (Lipinski definition) is 0. The van der Waals surface area contributed by atoms with Crippen molar-refractivity contribution in [2.75, 3.05) is 0 Å². The van der Waals surface area contributed by atoms with E-state index in [0.29, 0.717) is 0 Å². The van der Waals surface area contributed by atoms with Gasteiger partial charge in [0.1, 0.15) is 17.5 Å². The molecule has 31 heavy (non-hydrogen) atoms. The summed E-state index contributed by atoms with van der Waals surface area (Å²) in [4.78, 5) is 0. The van der Waals surface area contributed by atoms with Gasteiger partial charge in [0.15, 0.2) is 0 Å². The Morgan fingerprint density at radius 2 is 1.29 bits per heavy atom. The van der Waals surface area contributed by atoms with Crippen LogP contribution in [0.5, 0.6) is 0 Å². The molecule has 0 atom stereocenters. The number of benzene rings is 2. The van der Waals surface area contributed by atoms with Crippen LogP contribution in [0.25, 0.3) is 11.1 Å². The fourth-order valence-corrected chi connectivity index (χ4v) is 5.75. The molecule has 0 spiro atoms. The van der Waals surface area contributed by atoms with Crippen LogP contribution in [0, 0.1) is 35.2 Å². The van der Waals surface area contributed by atoms with E-state index in [2.05, 4.69) is 6.92 Å². The SMILES string of the molecule is CC1CCC(CCC2CCC(c3cc(F)c(-c4ccc(Cl)c(F)c4)c(F)c3)CC2)CC1. The molecule has 2 aromatic rings. The van der Waals surface area contributed by atoms with E-state index in [0.717, 1.165) is 55.1 Å². The minimum absolute atomic E-state index is 0.0593. The van der Waals surface area contributed by atoms with Crippen molar-refractivity contribution < 1.29 is 13.2 Å². The molecule has 0 aliphatic heterocycles. The van der Waals surface area contributed by atoms with Gasteiger partial charge in [-0.1, -0.05) is 63.1 Å². The molecular weight excluding hydrogens is 417 g/mol. The molecular formula is C27H32ClF3. The molecule has 4 heteroatoms.